The molecule has 0 atom stereocenters. The molecule has 0 aliphatic carbocycles. The summed E-state index contributed by atoms with van der Waals surface area (Å²) in [7, 11) is 0. The van der Waals surface area contributed by atoms with E-state index in [9.17, 15) is 4.39 Å². The van der Waals surface area contributed by atoms with Crippen LogP contribution in [0.25, 0.3) is 11.4 Å². The summed E-state index contributed by atoms with van der Waals surface area (Å²) >= 11 is 6.04. The van der Waals surface area contributed by atoms with Crippen molar-refractivity contribution in [2.24, 2.45) is 0 Å². The largest absolute Gasteiger partial charge is 0.489 e. The minimum atomic E-state index is -0.581. The predicted molar refractivity (Wildman–Crippen MR) is 92.3 cm³/mol. The van der Waals surface area contributed by atoms with E-state index in [0.29, 0.717) is 31.1 Å². The summed E-state index contributed by atoms with van der Waals surface area (Å²) in [5.74, 6) is 0.0877. The van der Waals surface area contributed by atoms with Gasteiger partial charge in [0, 0.05) is 12.6 Å². The molecule has 0 unspecified atom stereocenters. The Hall–Kier alpha value is -2.67. The molecule has 1 aliphatic rings. The molecule has 2 aromatic carbocycles. The second kappa shape index (κ2) is 6.33. The summed E-state index contributed by atoms with van der Waals surface area (Å²) in [4.78, 5) is 2.06. The molecular formula is C17H15ClFN5O. The van der Waals surface area contributed by atoms with Gasteiger partial charge in [0.05, 0.1) is 22.8 Å². The SMILES string of the molecule is Cc1ccccc1CN1CCOc2cc(Cl)c(F)c(-c3nn[nH]n3)c21. The van der Waals surface area contributed by atoms with Gasteiger partial charge in [0.15, 0.2) is 5.82 Å². The molecule has 1 aliphatic heterocycles. The highest BCUT2D eigenvalue weighted by Gasteiger charge is 2.29. The Balaban J connectivity index is 1.85. The van der Waals surface area contributed by atoms with E-state index in [2.05, 4.69) is 44.6 Å². The summed E-state index contributed by atoms with van der Waals surface area (Å²) in [6.45, 7) is 3.79. The molecule has 1 N–H and O–H groups in total. The van der Waals surface area contributed by atoms with E-state index in [1.165, 1.54) is 11.6 Å². The van der Waals surface area contributed by atoms with Gasteiger partial charge in [-0.1, -0.05) is 35.9 Å². The minimum Gasteiger partial charge on any atom is -0.489 e. The van der Waals surface area contributed by atoms with Crippen molar-refractivity contribution in [3.63, 3.8) is 0 Å². The van der Waals surface area contributed by atoms with Gasteiger partial charge in [-0.2, -0.15) is 5.21 Å². The van der Waals surface area contributed by atoms with E-state index in [-0.39, 0.29) is 16.4 Å². The lowest BCUT2D eigenvalue weighted by Crippen LogP contribution is -2.33. The van der Waals surface area contributed by atoms with Crippen LogP contribution in [0.4, 0.5) is 10.1 Å². The predicted octanol–water partition coefficient (Wildman–Crippen LogP) is 3.37. The molecule has 3 aromatic rings. The third-order valence-electron chi connectivity index (χ3n) is 4.28. The molecule has 128 valence electrons. The van der Waals surface area contributed by atoms with E-state index in [1.54, 1.807) is 0 Å². The number of benzene rings is 2. The monoisotopic (exact) mass is 359 g/mol. The summed E-state index contributed by atoms with van der Waals surface area (Å²) < 4.78 is 20.5. The number of ether oxygens (including phenoxy) is 1. The Morgan fingerprint density at radius 2 is 2.20 bits per heavy atom. The number of H-pyrrole nitrogens is 1. The fourth-order valence-electron chi connectivity index (χ4n) is 3.02. The Morgan fingerprint density at radius 3 is 2.96 bits per heavy atom. The number of tetrazole rings is 1. The first-order valence-electron chi connectivity index (χ1n) is 7.83. The lowest BCUT2D eigenvalue weighted by Gasteiger charge is -2.33. The van der Waals surface area contributed by atoms with Crippen LogP contribution in [-0.2, 0) is 6.54 Å². The highest BCUT2D eigenvalue weighted by Crippen LogP contribution is 2.44. The molecule has 25 heavy (non-hydrogen) atoms. The number of anilines is 1. The molecule has 8 heteroatoms. The van der Waals surface area contributed by atoms with Crippen LogP contribution < -0.4 is 9.64 Å². The lowest BCUT2D eigenvalue weighted by atomic mass is 10.0. The summed E-state index contributed by atoms with van der Waals surface area (Å²) in [5, 5.41) is 13.7. The number of halogens is 2. The smallest absolute Gasteiger partial charge is 0.209 e. The lowest BCUT2D eigenvalue weighted by molar-refractivity contribution is 0.306. The molecule has 0 fully saturated rings. The van der Waals surface area contributed by atoms with Crippen LogP contribution in [0.3, 0.4) is 0 Å². The minimum absolute atomic E-state index is 0.0312. The summed E-state index contributed by atoms with van der Waals surface area (Å²) in [5.41, 5.74) is 3.12. The van der Waals surface area contributed by atoms with E-state index >= 15 is 0 Å². The molecule has 2 heterocycles. The first-order valence-corrected chi connectivity index (χ1v) is 8.21. The standard InChI is InChI=1S/C17H15ClFN5O/c1-10-4-2-3-5-11(10)9-24-6-7-25-13-8-12(18)15(19)14(16(13)24)17-20-22-23-21-17/h2-5,8H,6-7,9H2,1H3,(H,20,21,22,23). The van der Waals surface area contributed by atoms with Crippen LogP contribution in [0.15, 0.2) is 30.3 Å². The Bertz CT molecular complexity index is 916. The van der Waals surface area contributed by atoms with Gasteiger partial charge in [-0.25, -0.2) is 4.39 Å². The van der Waals surface area contributed by atoms with Gasteiger partial charge < -0.3 is 9.64 Å². The summed E-state index contributed by atoms with van der Waals surface area (Å²) in [6.07, 6.45) is 0. The number of nitrogens with one attached hydrogen (secondary N) is 1. The molecular weight excluding hydrogens is 345 g/mol. The van der Waals surface area contributed by atoms with Gasteiger partial charge in [-0.3, -0.25) is 0 Å². The summed E-state index contributed by atoms with van der Waals surface area (Å²) in [6, 6.07) is 9.60. The third-order valence-corrected chi connectivity index (χ3v) is 4.56. The van der Waals surface area contributed by atoms with Crippen LogP contribution >= 0.6 is 11.6 Å². The van der Waals surface area contributed by atoms with E-state index in [4.69, 9.17) is 16.3 Å². The van der Waals surface area contributed by atoms with Crippen LogP contribution in [0.1, 0.15) is 11.1 Å². The Labute approximate surface area is 148 Å². The Morgan fingerprint density at radius 1 is 1.36 bits per heavy atom. The van der Waals surface area contributed by atoms with Crippen molar-refractivity contribution in [2.75, 3.05) is 18.1 Å². The molecule has 0 radical (unpaired) electrons. The van der Waals surface area contributed by atoms with E-state index < -0.39 is 5.82 Å². The number of fused-ring (bicyclic) bond motifs is 1. The zero-order valence-corrected chi connectivity index (χ0v) is 14.2. The maximum absolute atomic E-state index is 14.8. The second-order valence-electron chi connectivity index (χ2n) is 5.83. The van der Waals surface area contributed by atoms with Crippen molar-refractivity contribution in [1.82, 2.24) is 20.6 Å². The van der Waals surface area contributed by atoms with Gasteiger partial charge in [0.1, 0.15) is 12.4 Å². The fraction of sp³-hybridized carbons (Fsp3) is 0.235. The van der Waals surface area contributed by atoms with Crippen LogP contribution in [0.2, 0.25) is 5.02 Å². The molecule has 0 saturated heterocycles. The number of rotatable bonds is 3. The van der Waals surface area contributed by atoms with Gasteiger partial charge in [0.25, 0.3) is 0 Å². The first kappa shape index (κ1) is 15.8. The average Bonchev–Trinajstić information content (AvgIpc) is 3.13. The highest BCUT2D eigenvalue weighted by atomic mass is 35.5. The van der Waals surface area contributed by atoms with E-state index in [0.717, 1.165) is 5.56 Å². The molecule has 0 bridgehead atoms. The van der Waals surface area contributed by atoms with Gasteiger partial charge in [-0.05, 0) is 23.3 Å². The Kier molecular flexibility index (Phi) is 4.01. The molecule has 6 nitrogen and oxygen atoms in total. The quantitative estimate of drug-likeness (QED) is 0.776. The number of aryl methyl sites for hydroxylation is 1. The molecule has 4 rings (SSSR count). The highest BCUT2D eigenvalue weighted by molar-refractivity contribution is 6.31. The van der Waals surface area contributed by atoms with Crippen molar-refractivity contribution in [3.8, 4) is 17.1 Å². The molecule has 0 amide bonds. The normalized spacial score (nSPS) is 13.5. The third kappa shape index (κ3) is 2.80. The average molecular weight is 360 g/mol. The number of aromatic amines is 1. The van der Waals surface area contributed by atoms with Crippen molar-refractivity contribution in [1.29, 1.82) is 0 Å². The van der Waals surface area contributed by atoms with Gasteiger partial charge >= 0.3 is 0 Å². The molecule has 1 aromatic heterocycles. The number of aromatic nitrogens is 4. The van der Waals surface area contributed by atoms with Crippen LogP contribution in [-0.4, -0.2) is 33.8 Å². The van der Waals surface area contributed by atoms with Crippen molar-refractivity contribution in [3.05, 3.63) is 52.3 Å². The van der Waals surface area contributed by atoms with Crippen molar-refractivity contribution >= 4 is 17.3 Å². The van der Waals surface area contributed by atoms with Crippen molar-refractivity contribution in [2.45, 2.75) is 13.5 Å². The molecule has 0 saturated carbocycles. The van der Waals surface area contributed by atoms with Gasteiger partial charge in [-0.15, -0.1) is 10.2 Å². The van der Waals surface area contributed by atoms with Gasteiger partial charge in [0.2, 0.25) is 5.82 Å². The van der Waals surface area contributed by atoms with Crippen LogP contribution in [0, 0.1) is 12.7 Å². The second-order valence-corrected chi connectivity index (χ2v) is 6.23. The maximum Gasteiger partial charge on any atom is 0.209 e. The number of hydrogen-bond acceptors (Lipinski definition) is 5. The molecule has 0 spiro atoms. The fourth-order valence-corrected chi connectivity index (χ4v) is 3.21. The van der Waals surface area contributed by atoms with Crippen LogP contribution in [0.5, 0.6) is 5.75 Å². The number of nitrogens with zero attached hydrogens (tertiary/aromatic N) is 4. The maximum atomic E-state index is 14.8. The zero-order valence-electron chi connectivity index (χ0n) is 13.5. The van der Waals surface area contributed by atoms with Crippen molar-refractivity contribution < 1.29 is 9.13 Å². The number of hydrogen-bond donors (Lipinski definition) is 1. The first-order chi connectivity index (χ1) is 12.1. The van der Waals surface area contributed by atoms with E-state index in [1.807, 2.05) is 12.1 Å². The topological polar surface area (TPSA) is 66.9 Å². The zero-order chi connectivity index (χ0) is 17.4.